The summed E-state index contributed by atoms with van der Waals surface area (Å²) in [5.74, 6) is -1.68. The van der Waals surface area contributed by atoms with E-state index >= 15 is 0 Å². The van der Waals surface area contributed by atoms with Gasteiger partial charge < -0.3 is 20.1 Å². The first-order valence-corrected chi connectivity index (χ1v) is 9.55. The topological polar surface area (TPSA) is 98.4 Å². The molecule has 2 atom stereocenters. The molecule has 0 spiro atoms. The summed E-state index contributed by atoms with van der Waals surface area (Å²) < 4.78 is 15.0. The molecule has 0 saturated carbocycles. The van der Waals surface area contributed by atoms with Crippen LogP contribution in [0.4, 0.5) is 4.39 Å². The molecule has 0 fully saturated rings. The molecule has 8 heteroatoms. The Bertz CT molecular complexity index is 851. The minimum Gasteiger partial charge on any atom is -0.550 e. The fourth-order valence-electron chi connectivity index (χ4n) is 3.54. The fourth-order valence-corrected chi connectivity index (χ4v) is 3.54. The number of rotatable bonds is 7. The predicted molar refractivity (Wildman–Crippen MR) is 100 cm³/mol. The molecule has 1 aromatic heterocycles. The summed E-state index contributed by atoms with van der Waals surface area (Å²) in [6.07, 6.45) is 5.47. The average molecular weight is 410 g/mol. The second kappa shape index (κ2) is 11.0. The molecule has 0 unspecified atom stereocenters. The van der Waals surface area contributed by atoms with E-state index in [-0.39, 0.29) is 41.8 Å². The first kappa shape index (κ1) is 23.8. The number of carbonyl (C=O) groups excluding carboxylic acids is 1. The van der Waals surface area contributed by atoms with Crippen molar-refractivity contribution >= 4 is 12.0 Å². The van der Waals surface area contributed by atoms with Gasteiger partial charge in [-0.3, -0.25) is 0 Å². The molecule has 6 nitrogen and oxygen atoms in total. The van der Waals surface area contributed by atoms with Gasteiger partial charge in [-0.1, -0.05) is 12.5 Å². The van der Waals surface area contributed by atoms with Crippen LogP contribution in [-0.2, 0) is 17.6 Å². The van der Waals surface area contributed by atoms with E-state index in [0.29, 0.717) is 0 Å². The summed E-state index contributed by atoms with van der Waals surface area (Å²) in [5.41, 5.74) is 3.66. The fraction of sp³-hybridized carbons (Fsp3) is 0.429. The molecule has 0 amide bonds. The number of hydrogen-bond acceptors (Lipinski definition) is 5. The van der Waals surface area contributed by atoms with Crippen LogP contribution in [0, 0.1) is 5.82 Å². The molecule has 0 radical (unpaired) electrons. The minimum atomic E-state index is -1.36. The van der Waals surface area contributed by atoms with Crippen LogP contribution < -0.4 is 34.7 Å². The van der Waals surface area contributed by atoms with Crippen LogP contribution in [-0.4, -0.2) is 38.2 Å². The molecule has 1 aliphatic rings. The van der Waals surface area contributed by atoms with E-state index in [9.17, 15) is 24.5 Å². The monoisotopic (exact) mass is 410 g/mol. The van der Waals surface area contributed by atoms with Crippen molar-refractivity contribution in [3.05, 3.63) is 53.1 Å². The van der Waals surface area contributed by atoms with Crippen LogP contribution in [0.3, 0.4) is 0 Å². The van der Waals surface area contributed by atoms with Crippen molar-refractivity contribution in [1.82, 2.24) is 9.78 Å². The molecule has 29 heavy (non-hydrogen) atoms. The van der Waals surface area contributed by atoms with Gasteiger partial charge in [0.05, 0.1) is 29.3 Å². The van der Waals surface area contributed by atoms with Crippen LogP contribution in [0.5, 0.6) is 0 Å². The number of halogens is 1. The Morgan fingerprint density at radius 1 is 1.21 bits per heavy atom. The summed E-state index contributed by atoms with van der Waals surface area (Å²) in [7, 11) is 0. The maximum absolute atomic E-state index is 13.3. The Balaban J connectivity index is 0.00000300. The van der Waals surface area contributed by atoms with Crippen LogP contribution in [0.25, 0.3) is 11.8 Å². The molecule has 1 aromatic carbocycles. The number of hydrogen-bond donors (Lipinski definition) is 2. The number of aryl methyl sites for hydroxylation is 1. The molecule has 2 N–H and O–H groups in total. The van der Waals surface area contributed by atoms with E-state index in [2.05, 4.69) is 0 Å². The van der Waals surface area contributed by atoms with Gasteiger partial charge in [0, 0.05) is 24.4 Å². The van der Waals surface area contributed by atoms with Gasteiger partial charge in [-0.2, -0.15) is 5.10 Å². The van der Waals surface area contributed by atoms with Crippen molar-refractivity contribution < 1.29 is 54.1 Å². The molecular weight excluding hydrogens is 386 g/mol. The van der Waals surface area contributed by atoms with E-state index in [0.717, 1.165) is 54.7 Å². The zero-order chi connectivity index (χ0) is 20.1. The molecule has 150 valence electrons. The zero-order valence-electron chi connectivity index (χ0n) is 16.6. The van der Waals surface area contributed by atoms with Crippen molar-refractivity contribution in [2.45, 2.75) is 57.2 Å². The Kier molecular flexibility index (Phi) is 9.04. The van der Waals surface area contributed by atoms with Crippen molar-refractivity contribution in [2.75, 3.05) is 0 Å². The van der Waals surface area contributed by atoms with Gasteiger partial charge in [-0.15, -0.1) is 0 Å². The number of aromatic nitrogens is 2. The normalized spacial score (nSPS) is 16.0. The number of aliphatic hydroxyl groups is 2. The number of aliphatic carboxylic acids is 1. The second-order valence-corrected chi connectivity index (χ2v) is 7.15. The smallest absolute Gasteiger partial charge is 0.550 e. The molecule has 1 aliphatic carbocycles. The maximum Gasteiger partial charge on any atom is 1.00 e. The Hall–Kier alpha value is -1.51. The van der Waals surface area contributed by atoms with E-state index < -0.39 is 24.6 Å². The SMILES string of the molecule is O=C([O-])C[C@@H](O)C[C@@H](O)/C=C/c1c2c(nn1-c1ccc(F)cc1)CCCCC2.[Na+]. The molecule has 0 bridgehead atoms. The van der Waals surface area contributed by atoms with E-state index in [1.54, 1.807) is 22.9 Å². The maximum atomic E-state index is 13.3. The van der Waals surface area contributed by atoms with Gasteiger partial charge in [0.25, 0.3) is 0 Å². The molecule has 0 aliphatic heterocycles. The Morgan fingerprint density at radius 2 is 1.90 bits per heavy atom. The summed E-state index contributed by atoms with van der Waals surface area (Å²) in [4.78, 5) is 10.5. The zero-order valence-corrected chi connectivity index (χ0v) is 18.6. The summed E-state index contributed by atoms with van der Waals surface area (Å²) in [6.45, 7) is 0. The Labute approximate surface area is 191 Å². The van der Waals surface area contributed by atoms with Crippen molar-refractivity contribution in [3.63, 3.8) is 0 Å². The van der Waals surface area contributed by atoms with Crippen molar-refractivity contribution in [3.8, 4) is 5.69 Å². The number of aliphatic hydroxyl groups excluding tert-OH is 2. The third kappa shape index (κ3) is 6.49. The summed E-state index contributed by atoms with van der Waals surface area (Å²) in [5, 5.41) is 35.1. The number of fused-ring (bicyclic) bond motifs is 1. The first-order valence-electron chi connectivity index (χ1n) is 9.55. The number of nitrogens with zero attached hydrogens (tertiary/aromatic N) is 2. The number of carboxylic acid groups (broad SMARTS) is 1. The van der Waals surface area contributed by atoms with Gasteiger partial charge in [0.1, 0.15) is 5.82 Å². The van der Waals surface area contributed by atoms with Crippen LogP contribution in [0.2, 0.25) is 0 Å². The van der Waals surface area contributed by atoms with Crippen LogP contribution in [0.1, 0.15) is 49.1 Å². The number of benzene rings is 1. The largest absolute Gasteiger partial charge is 1.00 e. The summed E-state index contributed by atoms with van der Waals surface area (Å²) >= 11 is 0. The van der Waals surface area contributed by atoms with Crippen molar-refractivity contribution in [1.29, 1.82) is 0 Å². The average Bonchev–Trinajstić information content (AvgIpc) is 2.81. The van der Waals surface area contributed by atoms with Gasteiger partial charge in [-0.05, 0) is 56.0 Å². The van der Waals surface area contributed by atoms with Gasteiger partial charge in [-0.25, -0.2) is 9.07 Å². The molecule has 1 heterocycles. The number of carbonyl (C=O) groups is 1. The van der Waals surface area contributed by atoms with Crippen LogP contribution in [0.15, 0.2) is 30.3 Å². The second-order valence-electron chi connectivity index (χ2n) is 7.15. The third-order valence-electron chi connectivity index (χ3n) is 4.91. The van der Waals surface area contributed by atoms with E-state index in [4.69, 9.17) is 5.10 Å². The molecular formula is C21H24FN2NaO4. The molecule has 2 aromatic rings. The van der Waals surface area contributed by atoms with E-state index in [1.807, 2.05) is 0 Å². The van der Waals surface area contributed by atoms with Gasteiger partial charge in [0.2, 0.25) is 0 Å². The van der Waals surface area contributed by atoms with Crippen LogP contribution >= 0.6 is 0 Å². The molecule has 0 saturated heterocycles. The van der Waals surface area contributed by atoms with Crippen molar-refractivity contribution in [2.24, 2.45) is 0 Å². The van der Waals surface area contributed by atoms with Gasteiger partial charge in [0.15, 0.2) is 0 Å². The van der Waals surface area contributed by atoms with E-state index in [1.165, 1.54) is 18.2 Å². The number of carboxylic acids is 1. The Morgan fingerprint density at radius 3 is 2.59 bits per heavy atom. The first-order chi connectivity index (χ1) is 13.4. The standard InChI is InChI=1S/C21H25FN2O4.Na/c22-14-6-8-15(9-7-14)24-20(18-4-2-1-3-5-19(18)23-24)11-10-16(25)12-17(26)13-21(27)28;/h6-11,16-17,25-26H,1-5,12-13H2,(H,27,28);/q;+1/p-1/b11-10+;/t16-,17-;/m0./s1. The minimum absolute atomic E-state index is 0. The third-order valence-corrected chi connectivity index (χ3v) is 4.91. The predicted octanol–water partition coefficient (Wildman–Crippen LogP) is -1.45. The quantitative estimate of drug-likeness (QED) is 0.430. The van der Waals surface area contributed by atoms with Gasteiger partial charge >= 0.3 is 29.6 Å². The molecule has 3 rings (SSSR count). The summed E-state index contributed by atoms with van der Waals surface area (Å²) in [6, 6.07) is 6.06.